The van der Waals surface area contributed by atoms with E-state index >= 15 is 0 Å². The highest BCUT2D eigenvalue weighted by molar-refractivity contribution is 9.10. The van der Waals surface area contributed by atoms with Crippen LogP contribution in [0.4, 0.5) is 5.69 Å². The lowest BCUT2D eigenvalue weighted by Gasteiger charge is -2.14. The van der Waals surface area contributed by atoms with E-state index in [0.717, 1.165) is 0 Å². The first kappa shape index (κ1) is 12.8. The predicted octanol–water partition coefficient (Wildman–Crippen LogP) is 2.01. The van der Waals surface area contributed by atoms with Gasteiger partial charge in [0.1, 0.15) is 0 Å². The molecule has 1 aromatic carbocycles. The number of rotatable bonds is 2. The highest BCUT2D eigenvalue weighted by Crippen LogP contribution is 2.30. The van der Waals surface area contributed by atoms with Crippen molar-refractivity contribution in [1.29, 1.82) is 0 Å². The first-order valence-electron chi connectivity index (χ1n) is 5.18. The summed E-state index contributed by atoms with van der Waals surface area (Å²) in [6.45, 7) is 0.792. The molecule has 1 saturated heterocycles. The average Bonchev–Trinajstić information content (AvgIpc) is 2.71. The first-order valence-corrected chi connectivity index (χ1v) is 6.35. The van der Waals surface area contributed by atoms with Crippen LogP contribution < -0.4 is 11.1 Å². The van der Waals surface area contributed by atoms with E-state index in [2.05, 4.69) is 21.2 Å². The zero-order chi connectivity index (χ0) is 12.4. The van der Waals surface area contributed by atoms with Gasteiger partial charge in [0.25, 0.3) is 0 Å². The van der Waals surface area contributed by atoms with Crippen molar-refractivity contribution in [2.75, 3.05) is 18.5 Å². The Morgan fingerprint density at radius 1 is 1.53 bits per heavy atom. The third-order valence-corrected chi connectivity index (χ3v) is 4.07. The van der Waals surface area contributed by atoms with Crippen LogP contribution in [-0.2, 0) is 9.53 Å². The van der Waals surface area contributed by atoms with E-state index < -0.39 is 0 Å². The molecule has 92 valence electrons. The number of hydrogen-bond donors (Lipinski definition) is 2. The van der Waals surface area contributed by atoms with Gasteiger partial charge in [-0.05, 0) is 28.1 Å². The van der Waals surface area contributed by atoms with Crippen molar-refractivity contribution in [2.24, 2.45) is 11.7 Å². The predicted molar refractivity (Wildman–Crippen MR) is 70.1 cm³/mol. The second-order valence-corrected chi connectivity index (χ2v) is 5.10. The lowest BCUT2D eigenvalue weighted by molar-refractivity contribution is -0.120. The normalized spacial score (nSPS) is 23.7. The molecule has 0 aliphatic carbocycles. The van der Waals surface area contributed by atoms with Gasteiger partial charge in [0.2, 0.25) is 5.91 Å². The van der Waals surface area contributed by atoms with Gasteiger partial charge >= 0.3 is 0 Å². The Labute approximate surface area is 113 Å². The van der Waals surface area contributed by atoms with Crippen molar-refractivity contribution < 1.29 is 9.53 Å². The van der Waals surface area contributed by atoms with Crippen LogP contribution in [0.1, 0.15) is 0 Å². The third-order valence-electron chi connectivity index (χ3n) is 2.67. The Kier molecular flexibility index (Phi) is 4.04. The first-order chi connectivity index (χ1) is 8.09. The maximum absolute atomic E-state index is 12.0. The van der Waals surface area contributed by atoms with Gasteiger partial charge in [-0.1, -0.05) is 17.7 Å². The summed E-state index contributed by atoms with van der Waals surface area (Å²) < 4.78 is 5.83. The highest BCUT2D eigenvalue weighted by atomic mass is 79.9. The minimum Gasteiger partial charge on any atom is -0.379 e. The summed E-state index contributed by atoms with van der Waals surface area (Å²) in [6.07, 6.45) is 0. The molecule has 6 heteroatoms. The van der Waals surface area contributed by atoms with Crippen molar-refractivity contribution in [3.8, 4) is 0 Å². The van der Waals surface area contributed by atoms with Crippen LogP contribution >= 0.6 is 27.5 Å². The number of carbonyl (C=O) groups excluding carboxylic acids is 1. The average molecular weight is 320 g/mol. The van der Waals surface area contributed by atoms with Crippen LogP contribution in [0.25, 0.3) is 0 Å². The maximum atomic E-state index is 12.0. The zero-order valence-electron chi connectivity index (χ0n) is 8.95. The molecule has 17 heavy (non-hydrogen) atoms. The summed E-state index contributed by atoms with van der Waals surface area (Å²) in [7, 11) is 0. The summed E-state index contributed by atoms with van der Waals surface area (Å²) in [5.41, 5.74) is 6.42. The molecular formula is C11H12BrClN2O2. The van der Waals surface area contributed by atoms with E-state index in [1.54, 1.807) is 18.2 Å². The molecule has 1 fully saturated rings. The number of ether oxygens (including phenoxy) is 1. The van der Waals surface area contributed by atoms with Gasteiger partial charge in [0.05, 0.1) is 34.3 Å². The molecule has 1 amide bonds. The van der Waals surface area contributed by atoms with Crippen molar-refractivity contribution in [2.45, 2.75) is 6.04 Å². The number of carbonyl (C=O) groups is 1. The molecule has 0 spiro atoms. The van der Waals surface area contributed by atoms with E-state index in [4.69, 9.17) is 22.1 Å². The van der Waals surface area contributed by atoms with Gasteiger partial charge in [0.15, 0.2) is 0 Å². The Bertz CT molecular complexity index is 441. The summed E-state index contributed by atoms with van der Waals surface area (Å²) in [6, 6.07) is 5.04. The number of anilines is 1. The van der Waals surface area contributed by atoms with Crippen molar-refractivity contribution in [3.05, 3.63) is 27.7 Å². The van der Waals surface area contributed by atoms with Gasteiger partial charge in [-0.2, -0.15) is 0 Å². The van der Waals surface area contributed by atoms with Crippen LogP contribution in [0.2, 0.25) is 5.02 Å². The second kappa shape index (κ2) is 5.35. The minimum atomic E-state index is -0.305. The molecule has 0 saturated carbocycles. The molecule has 2 atom stereocenters. The third kappa shape index (κ3) is 2.80. The molecule has 0 radical (unpaired) electrons. The fourth-order valence-corrected chi connectivity index (χ4v) is 2.20. The molecule has 2 unspecified atom stereocenters. The van der Waals surface area contributed by atoms with Crippen LogP contribution in [0.5, 0.6) is 0 Å². The Balaban J connectivity index is 2.10. The standard InChI is InChI=1S/C11H12BrClN2O2/c12-10-7(13)2-1-3-9(10)15-11(16)6-4-17-5-8(6)14/h1-3,6,8H,4-5,14H2,(H,15,16). The number of amides is 1. The molecule has 1 aliphatic heterocycles. The second-order valence-electron chi connectivity index (χ2n) is 3.90. The number of benzene rings is 1. The molecule has 0 bridgehead atoms. The fourth-order valence-electron chi connectivity index (χ4n) is 1.67. The Hall–Kier alpha value is -0.620. The Morgan fingerprint density at radius 2 is 2.29 bits per heavy atom. The van der Waals surface area contributed by atoms with Crippen LogP contribution in [0, 0.1) is 5.92 Å². The molecule has 1 aromatic rings. The highest BCUT2D eigenvalue weighted by Gasteiger charge is 2.31. The molecule has 1 aliphatic rings. The van der Waals surface area contributed by atoms with Gasteiger partial charge in [0, 0.05) is 6.04 Å². The lowest BCUT2D eigenvalue weighted by atomic mass is 10.0. The number of nitrogens with two attached hydrogens (primary N) is 1. The maximum Gasteiger partial charge on any atom is 0.231 e. The summed E-state index contributed by atoms with van der Waals surface area (Å²) in [4.78, 5) is 12.0. The fraction of sp³-hybridized carbons (Fsp3) is 0.364. The zero-order valence-corrected chi connectivity index (χ0v) is 11.3. The van der Waals surface area contributed by atoms with Crippen LogP contribution in [0.3, 0.4) is 0 Å². The largest absolute Gasteiger partial charge is 0.379 e. The van der Waals surface area contributed by atoms with Gasteiger partial charge in [-0.25, -0.2) is 0 Å². The van der Waals surface area contributed by atoms with E-state index in [1.807, 2.05) is 0 Å². The smallest absolute Gasteiger partial charge is 0.231 e. The van der Waals surface area contributed by atoms with E-state index in [1.165, 1.54) is 0 Å². The SMILES string of the molecule is NC1COCC1C(=O)Nc1cccc(Cl)c1Br. The number of halogens is 2. The van der Waals surface area contributed by atoms with Crippen molar-refractivity contribution in [1.82, 2.24) is 0 Å². The number of hydrogen-bond acceptors (Lipinski definition) is 3. The lowest BCUT2D eigenvalue weighted by Crippen LogP contribution is -2.37. The summed E-state index contributed by atoms with van der Waals surface area (Å²) >= 11 is 9.26. The molecule has 0 aromatic heterocycles. The molecule has 1 heterocycles. The van der Waals surface area contributed by atoms with Crippen LogP contribution in [-0.4, -0.2) is 25.2 Å². The monoisotopic (exact) mass is 318 g/mol. The number of nitrogens with one attached hydrogen (secondary N) is 1. The van der Waals surface area contributed by atoms with Crippen LogP contribution in [0.15, 0.2) is 22.7 Å². The van der Waals surface area contributed by atoms with Crippen molar-refractivity contribution in [3.63, 3.8) is 0 Å². The molecule has 4 nitrogen and oxygen atoms in total. The van der Waals surface area contributed by atoms with Gasteiger partial charge in [-0.3, -0.25) is 4.79 Å². The van der Waals surface area contributed by atoms with E-state index in [9.17, 15) is 4.79 Å². The topological polar surface area (TPSA) is 64.3 Å². The summed E-state index contributed by atoms with van der Waals surface area (Å²) in [5, 5.41) is 3.34. The van der Waals surface area contributed by atoms with E-state index in [-0.39, 0.29) is 17.9 Å². The molecular weight excluding hydrogens is 307 g/mol. The van der Waals surface area contributed by atoms with Crippen molar-refractivity contribution >= 4 is 39.1 Å². The quantitative estimate of drug-likeness (QED) is 0.876. The molecule has 2 rings (SSSR count). The molecule has 3 N–H and O–H groups in total. The minimum absolute atomic E-state index is 0.141. The van der Waals surface area contributed by atoms with E-state index in [0.29, 0.717) is 28.4 Å². The Morgan fingerprint density at radius 3 is 2.94 bits per heavy atom. The van der Waals surface area contributed by atoms with Gasteiger partial charge < -0.3 is 15.8 Å². The van der Waals surface area contributed by atoms with Gasteiger partial charge in [-0.15, -0.1) is 0 Å². The summed E-state index contributed by atoms with van der Waals surface area (Å²) in [5.74, 6) is -0.446.